The first-order chi connectivity index (χ1) is 17.0. The number of fused-ring (bicyclic) bond motifs is 1. The first-order valence-corrected chi connectivity index (χ1v) is 11.0. The molecule has 0 saturated carbocycles. The summed E-state index contributed by atoms with van der Waals surface area (Å²) >= 11 is 0. The van der Waals surface area contributed by atoms with Crippen molar-refractivity contribution in [1.29, 1.82) is 5.26 Å². The van der Waals surface area contributed by atoms with Gasteiger partial charge in [0.2, 0.25) is 0 Å². The van der Waals surface area contributed by atoms with Gasteiger partial charge in [-0.05, 0) is 54.4 Å². The number of carbonyl (C=O) groups is 1. The average molecular weight is 462 g/mol. The van der Waals surface area contributed by atoms with Gasteiger partial charge in [0.05, 0.1) is 23.5 Å². The summed E-state index contributed by atoms with van der Waals surface area (Å²) in [5.41, 5.74) is 3.35. The summed E-state index contributed by atoms with van der Waals surface area (Å²) < 4.78 is 0. The number of benzene rings is 3. The Labute approximate surface area is 203 Å². The Morgan fingerprint density at radius 1 is 1.14 bits per heavy atom. The third-order valence-corrected chi connectivity index (χ3v) is 5.58. The van der Waals surface area contributed by atoms with Gasteiger partial charge in [-0.3, -0.25) is 9.59 Å². The molecule has 1 amide bonds. The van der Waals surface area contributed by atoms with Crippen molar-refractivity contribution in [1.82, 2.24) is 15.3 Å². The number of aryl methyl sites for hydroxylation is 1. The van der Waals surface area contributed by atoms with Crippen LogP contribution >= 0.6 is 0 Å². The van der Waals surface area contributed by atoms with Crippen molar-refractivity contribution in [3.8, 4) is 18.4 Å². The van der Waals surface area contributed by atoms with Gasteiger partial charge in [-0.2, -0.15) is 5.26 Å². The minimum absolute atomic E-state index is 0.181. The molecule has 0 radical (unpaired) electrons. The molecular formula is C28H23N5O2. The number of carbonyl (C=O) groups excluding carboxylic acids is 1. The molecule has 0 spiro atoms. The van der Waals surface area contributed by atoms with Gasteiger partial charge < -0.3 is 15.2 Å². The standard InChI is InChI=1S/C28H23N5O2/c1-3-15-33(18-20-9-14-25-24(16-20)28(35)31-19(2)30-25)23-12-10-22(11-13-23)27(34)32-26(17-29)21-7-5-4-6-8-21/h1,4-14,16,26H,15,18H2,2H3,(H,32,34)(H,30,31,35). The highest BCUT2D eigenvalue weighted by molar-refractivity contribution is 5.95. The number of H-pyrrole nitrogens is 1. The van der Waals surface area contributed by atoms with Crippen LogP contribution in [0.3, 0.4) is 0 Å². The van der Waals surface area contributed by atoms with E-state index >= 15 is 0 Å². The second kappa shape index (κ2) is 10.4. The Morgan fingerprint density at radius 3 is 2.57 bits per heavy atom. The molecule has 0 aliphatic carbocycles. The van der Waals surface area contributed by atoms with Gasteiger partial charge in [0.1, 0.15) is 11.9 Å². The van der Waals surface area contributed by atoms with E-state index in [2.05, 4.69) is 27.3 Å². The van der Waals surface area contributed by atoms with Crippen LogP contribution in [-0.2, 0) is 6.54 Å². The lowest BCUT2D eigenvalue weighted by atomic mass is 10.1. The topological polar surface area (TPSA) is 102 Å². The fourth-order valence-corrected chi connectivity index (χ4v) is 3.84. The van der Waals surface area contributed by atoms with E-state index in [0.717, 1.165) is 16.8 Å². The fraction of sp³-hybridized carbons (Fsp3) is 0.143. The average Bonchev–Trinajstić information content (AvgIpc) is 2.88. The third kappa shape index (κ3) is 5.38. The summed E-state index contributed by atoms with van der Waals surface area (Å²) in [5.74, 6) is 2.89. The summed E-state index contributed by atoms with van der Waals surface area (Å²) in [6.45, 7) is 2.57. The molecule has 7 heteroatoms. The molecule has 4 rings (SSSR count). The second-order valence-corrected chi connectivity index (χ2v) is 8.06. The number of aromatic amines is 1. The normalized spacial score (nSPS) is 11.3. The van der Waals surface area contributed by atoms with Gasteiger partial charge in [0.15, 0.2) is 0 Å². The molecule has 4 aromatic rings. The monoisotopic (exact) mass is 461 g/mol. The molecule has 0 bridgehead atoms. The lowest BCUT2D eigenvalue weighted by Gasteiger charge is -2.23. The highest BCUT2D eigenvalue weighted by atomic mass is 16.1. The fourth-order valence-electron chi connectivity index (χ4n) is 3.84. The van der Waals surface area contributed by atoms with Crippen molar-refractivity contribution in [3.05, 3.63) is 106 Å². The minimum Gasteiger partial charge on any atom is -0.356 e. The largest absolute Gasteiger partial charge is 0.356 e. The van der Waals surface area contributed by atoms with E-state index in [1.165, 1.54) is 0 Å². The van der Waals surface area contributed by atoms with Crippen LogP contribution in [0.1, 0.15) is 33.4 Å². The highest BCUT2D eigenvalue weighted by Crippen LogP contribution is 2.20. The summed E-state index contributed by atoms with van der Waals surface area (Å²) in [4.78, 5) is 34.1. The van der Waals surface area contributed by atoms with Crippen molar-refractivity contribution in [2.24, 2.45) is 0 Å². The summed E-state index contributed by atoms with van der Waals surface area (Å²) in [7, 11) is 0. The maximum atomic E-state index is 12.7. The van der Waals surface area contributed by atoms with E-state index in [0.29, 0.717) is 35.4 Å². The molecule has 0 aliphatic rings. The molecule has 35 heavy (non-hydrogen) atoms. The molecule has 1 unspecified atom stereocenters. The summed E-state index contributed by atoms with van der Waals surface area (Å²) in [6, 6.07) is 23.1. The molecule has 172 valence electrons. The molecule has 1 atom stereocenters. The first kappa shape index (κ1) is 23.3. The van der Waals surface area contributed by atoms with E-state index in [4.69, 9.17) is 6.42 Å². The van der Waals surface area contributed by atoms with E-state index in [1.54, 1.807) is 31.2 Å². The van der Waals surface area contributed by atoms with Gasteiger partial charge in [-0.15, -0.1) is 6.42 Å². The van der Waals surface area contributed by atoms with Crippen LogP contribution in [0.4, 0.5) is 5.69 Å². The Morgan fingerprint density at radius 2 is 1.89 bits per heavy atom. The Balaban J connectivity index is 1.52. The number of rotatable bonds is 7. The number of aromatic nitrogens is 2. The van der Waals surface area contributed by atoms with Crippen LogP contribution in [0.25, 0.3) is 10.9 Å². The van der Waals surface area contributed by atoms with E-state index in [-0.39, 0.29) is 11.5 Å². The molecule has 0 fully saturated rings. The van der Waals surface area contributed by atoms with Crippen LogP contribution in [-0.4, -0.2) is 22.4 Å². The van der Waals surface area contributed by atoms with Crippen LogP contribution in [0, 0.1) is 30.6 Å². The van der Waals surface area contributed by atoms with Gasteiger partial charge in [0.25, 0.3) is 11.5 Å². The quantitative estimate of drug-likeness (QED) is 0.407. The summed E-state index contributed by atoms with van der Waals surface area (Å²) in [6.07, 6.45) is 5.60. The van der Waals surface area contributed by atoms with Crippen LogP contribution in [0.15, 0.2) is 77.6 Å². The van der Waals surface area contributed by atoms with Gasteiger partial charge in [-0.25, -0.2) is 4.98 Å². The number of nitrogens with one attached hydrogen (secondary N) is 2. The number of anilines is 1. The van der Waals surface area contributed by atoms with Crippen LogP contribution in [0.5, 0.6) is 0 Å². The number of nitrogens with zero attached hydrogens (tertiary/aromatic N) is 3. The predicted molar refractivity (Wildman–Crippen MR) is 136 cm³/mol. The SMILES string of the molecule is C#CCN(Cc1ccc2nc(C)[nH]c(=O)c2c1)c1ccc(C(=O)NC(C#N)c2ccccc2)cc1. The molecule has 1 heterocycles. The van der Waals surface area contributed by atoms with Gasteiger partial charge in [-0.1, -0.05) is 42.3 Å². The maximum Gasteiger partial charge on any atom is 0.258 e. The summed E-state index contributed by atoms with van der Waals surface area (Å²) in [5, 5.41) is 12.7. The van der Waals surface area contributed by atoms with Crippen molar-refractivity contribution in [3.63, 3.8) is 0 Å². The van der Waals surface area contributed by atoms with Crippen molar-refractivity contribution in [2.75, 3.05) is 11.4 Å². The zero-order valence-corrected chi connectivity index (χ0v) is 19.2. The predicted octanol–water partition coefficient (Wildman–Crippen LogP) is 3.87. The lowest BCUT2D eigenvalue weighted by molar-refractivity contribution is 0.0945. The number of amides is 1. The van der Waals surface area contributed by atoms with Crippen molar-refractivity contribution < 1.29 is 4.79 Å². The zero-order chi connectivity index (χ0) is 24.8. The van der Waals surface area contributed by atoms with Crippen LogP contribution in [0.2, 0.25) is 0 Å². The number of hydrogen-bond donors (Lipinski definition) is 2. The van der Waals surface area contributed by atoms with E-state index in [9.17, 15) is 14.9 Å². The Bertz CT molecular complexity index is 1500. The van der Waals surface area contributed by atoms with Crippen molar-refractivity contribution in [2.45, 2.75) is 19.5 Å². The number of hydrogen-bond acceptors (Lipinski definition) is 5. The number of nitriles is 1. The molecule has 7 nitrogen and oxygen atoms in total. The smallest absolute Gasteiger partial charge is 0.258 e. The molecular weight excluding hydrogens is 438 g/mol. The Kier molecular flexibility index (Phi) is 6.90. The molecule has 0 aliphatic heterocycles. The van der Waals surface area contributed by atoms with E-state index in [1.807, 2.05) is 53.4 Å². The number of terminal acetylenes is 1. The van der Waals surface area contributed by atoms with Gasteiger partial charge >= 0.3 is 0 Å². The molecule has 2 N–H and O–H groups in total. The first-order valence-electron chi connectivity index (χ1n) is 11.0. The maximum absolute atomic E-state index is 12.7. The lowest BCUT2D eigenvalue weighted by Crippen LogP contribution is -2.28. The molecule has 1 aromatic heterocycles. The third-order valence-electron chi connectivity index (χ3n) is 5.58. The second-order valence-electron chi connectivity index (χ2n) is 8.06. The van der Waals surface area contributed by atoms with Crippen molar-refractivity contribution >= 4 is 22.5 Å². The zero-order valence-electron chi connectivity index (χ0n) is 19.2. The van der Waals surface area contributed by atoms with E-state index < -0.39 is 6.04 Å². The minimum atomic E-state index is -0.740. The molecule has 0 saturated heterocycles. The Hall–Kier alpha value is -4.88. The highest BCUT2D eigenvalue weighted by Gasteiger charge is 2.16. The van der Waals surface area contributed by atoms with Gasteiger partial charge in [0, 0.05) is 17.8 Å². The van der Waals surface area contributed by atoms with Crippen LogP contribution < -0.4 is 15.8 Å². The molecule has 3 aromatic carbocycles.